The van der Waals surface area contributed by atoms with Crippen LogP contribution >= 0.6 is 0 Å². The molecule has 0 aliphatic rings. The molecule has 0 aliphatic heterocycles. The number of aryl methyl sites for hydroxylation is 2. The van der Waals surface area contributed by atoms with Crippen molar-refractivity contribution in [2.24, 2.45) is 0 Å². The predicted octanol–water partition coefficient (Wildman–Crippen LogP) is 3.79. The number of unbranched alkanes of at least 4 members (excludes halogenated alkanes) is 2. The van der Waals surface area contributed by atoms with Crippen molar-refractivity contribution in [1.29, 1.82) is 0 Å². The highest BCUT2D eigenvalue weighted by Crippen LogP contribution is 2.25. The van der Waals surface area contributed by atoms with Crippen LogP contribution in [0.2, 0.25) is 0 Å². The van der Waals surface area contributed by atoms with Crippen LogP contribution in [0.5, 0.6) is 0 Å². The first-order valence-corrected chi connectivity index (χ1v) is 8.66. The molecule has 1 aromatic carbocycles. The fourth-order valence-electron chi connectivity index (χ4n) is 3.33. The Morgan fingerprint density at radius 2 is 1.74 bits per heavy atom. The third kappa shape index (κ3) is 3.56. The Morgan fingerprint density at radius 3 is 2.52 bits per heavy atom. The van der Waals surface area contributed by atoms with E-state index in [2.05, 4.69) is 74.1 Å². The number of nitrogens with one attached hydrogen (secondary N) is 1. The van der Waals surface area contributed by atoms with Crippen LogP contribution in [0.1, 0.15) is 25.0 Å². The first-order valence-electron chi connectivity index (χ1n) is 8.66. The van der Waals surface area contributed by atoms with Gasteiger partial charge in [-0.05, 0) is 18.9 Å². The number of benzene rings is 1. The maximum absolute atomic E-state index is 3.58. The molecule has 0 saturated heterocycles. The molecule has 0 atom stereocenters. The minimum absolute atomic E-state index is 1.06. The van der Waals surface area contributed by atoms with Crippen molar-refractivity contribution in [1.82, 2.24) is 4.98 Å². The third-order valence-electron chi connectivity index (χ3n) is 4.69. The number of hydrogen-bond donors (Lipinski definition) is 1. The van der Waals surface area contributed by atoms with E-state index in [4.69, 9.17) is 0 Å². The second-order valence-electron chi connectivity index (χ2n) is 7.63. The normalized spacial score (nSPS) is 12.3. The molecule has 0 unspecified atom stereocenters. The molecule has 0 saturated carbocycles. The molecule has 2 heterocycles. The maximum Gasteiger partial charge on any atom is 0.202 e. The van der Waals surface area contributed by atoms with Gasteiger partial charge in [0.2, 0.25) is 5.69 Å². The molecule has 0 radical (unpaired) electrons. The summed E-state index contributed by atoms with van der Waals surface area (Å²) in [5, 5.41) is 2.65. The Kier molecular flexibility index (Phi) is 4.40. The summed E-state index contributed by atoms with van der Waals surface area (Å²) in [4.78, 5) is 3.58. The van der Waals surface area contributed by atoms with Gasteiger partial charge in [-0.15, -0.1) is 0 Å². The van der Waals surface area contributed by atoms with Crippen LogP contribution in [0.15, 0.2) is 36.5 Å². The molecule has 0 spiro atoms. The molecule has 3 rings (SSSR count). The quantitative estimate of drug-likeness (QED) is 0.406. The number of hydrogen-bond acceptors (Lipinski definition) is 0. The summed E-state index contributed by atoms with van der Waals surface area (Å²) < 4.78 is 3.46. The fraction of sp³-hybridized carbons (Fsp3) is 0.450. The molecule has 3 heteroatoms. The molecule has 3 nitrogen and oxygen atoms in total. The van der Waals surface area contributed by atoms with Gasteiger partial charge < -0.3 is 9.47 Å². The van der Waals surface area contributed by atoms with E-state index in [-0.39, 0.29) is 0 Å². The van der Waals surface area contributed by atoms with Gasteiger partial charge in [-0.1, -0.05) is 18.2 Å². The van der Waals surface area contributed by atoms with Gasteiger partial charge in [0.25, 0.3) is 0 Å². The van der Waals surface area contributed by atoms with Crippen LogP contribution in [0.25, 0.3) is 21.8 Å². The van der Waals surface area contributed by atoms with E-state index in [0.717, 1.165) is 11.0 Å². The van der Waals surface area contributed by atoms with Crippen molar-refractivity contribution < 1.29 is 9.05 Å². The Bertz CT molecular complexity index is 809. The van der Waals surface area contributed by atoms with Crippen LogP contribution in [0, 0.1) is 6.92 Å². The van der Waals surface area contributed by atoms with Crippen molar-refractivity contribution in [2.75, 3.05) is 27.7 Å². The number of fused-ring (bicyclic) bond motifs is 3. The minimum atomic E-state index is 1.06. The van der Waals surface area contributed by atoms with E-state index in [1.807, 2.05) is 0 Å². The van der Waals surface area contributed by atoms with Crippen molar-refractivity contribution in [3.8, 4) is 0 Å². The van der Waals surface area contributed by atoms with E-state index in [1.54, 1.807) is 0 Å². The standard InChI is InChI=1S/C20H28N3/c1-16-20-18(17-10-6-7-11-19(17)21-20)12-14-22(16)13-8-5-9-15-23(2,3)4/h6-7,10-12,14H,5,8-9,13,15H2,1-4H3/q+1/p+1. The van der Waals surface area contributed by atoms with Crippen molar-refractivity contribution in [2.45, 2.75) is 32.7 Å². The van der Waals surface area contributed by atoms with Gasteiger partial charge in [0, 0.05) is 35.7 Å². The van der Waals surface area contributed by atoms with E-state index < -0.39 is 0 Å². The summed E-state index contributed by atoms with van der Waals surface area (Å²) in [6.07, 6.45) is 6.10. The summed E-state index contributed by atoms with van der Waals surface area (Å²) in [5.74, 6) is 0. The highest BCUT2D eigenvalue weighted by atomic mass is 15.3. The Labute approximate surface area is 139 Å². The Balaban J connectivity index is 1.72. The summed E-state index contributed by atoms with van der Waals surface area (Å²) in [6.45, 7) is 4.59. The van der Waals surface area contributed by atoms with Crippen LogP contribution in [-0.4, -0.2) is 37.2 Å². The second kappa shape index (κ2) is 6.32. The zero-order valence-corrected chi connectivity index (χ0v) is 14.9. The lowest BCUT2D eigenvalue weighted by Crippen LogP contribution is -2.37. The van der Waals surface area contributed by atoms with Crippen molar-refractivity contribution in [3.63, 3.8) is 0 Å². The largest absolute Gasteiger partial charge is 0.349 e. The van der Waals surface area contributed by atoms with E-state index in [9.17, 15) is 0 Å². The van der Waals surface area contributed by atoms with Gasteiger partial charge in [-0.3, -0.25) is 0 Å². The van der Waals surface area contributed by atoms with Crippen LogP contribution in [0.4, 0.5) is 0 Å². The molecule has 0 aliphatic carbocycles. The smallest absolute Gasteiger partial charge is 0.202 e. The van der Waals surface area contributed by atoms with E-state index in [1.165, 1.54) is 53.3 Å². The maximum atomic E-state index is 3.58. The van der Waals surface area contributed by atoms with Gasteiger partial charge in [0.1, 0.15) is 12.1 Å². The van der Waals surface area contributed by atoms with Crippen LogP contribution < -0.4 is 4.57 Å². The van der Waals surface area contributed by atoms with Gasteiger partial charge in [-0.25, -0.2) is 4.57 Å². The van der Waals surface area contributed by atoms with E-state index >= 15 is 0 Å². The lowest BCUT2D eigenvalue weighted by atomic mass is 10.1. The molecular weight excluding hydrogens is 282 g/mol. The second-order valence-corrected chi connectivity index (χ2v) is 7.63. The lowest BCUT2D eigenvalue weighted by molar-refractivity contribution is -0.870. The summed E-state index contributed by atoms with van der Waals surface area (Å²) in [6, 6.07) is 10.8. The molecule has 23 heavy (non-hydrogen) atoms. The molecule has 0 bridgehead atoms. The highest BCUT2D eigenvalue weighted by molar-refractivity contribution is 6.07. The van der Waals surface area contributed by atoms with Gasteiger partial charge in [0.15, 0.2) is 6.20 Å². The van der Waals surface area contributed by atoms with Crippen LogP contribution in [0.3, 0.4) is 0 Å². The first-order chi connectivity index (χ1) is 11.0. The van der Waals surface area contributed by atoms with Gasteiger partial charge in [0.05, 0.1) is 27.7 Å². The molecular formula is C20H29N3+2. The number of pyridine rings is 1. The predicted molar refractivity (Wildman–Crippen MR) is 97.5 cm³/mol. The van der Waals surface area contributed by atoms with Crippen LogP contribution in [-0.2, 0) is 6.54 Å². The van der Waals surface area contributed by atoms with E-state index in [0.29, 0.717) is 0 Å². The minimum Gasteiger partial charge on any atom is -0.349 e. The number of aromatic nitrogens is 2. The SMILES string of the molecule is Cc1c2[nH]c3ccccc3c2cc[n+]1CCCCC[N+](C)(C)C. The van der Waals surface area contributed by atoms with Crippen molar-refractivity contribution >= 4 is 21.8 Å². The number of aromatic amines is 1. The number of quaternary nitrogens is 1. The average Bonchev–Trinajstić information content (AvgIpc) is 2.87. The van der Waals surface area contributed by atoms with Crippen molar-refractivity contribution in [3.05, 3.63) is 42.2 Å². The summed E-state index contributed by atoms with van der Waals surface area (Å²) >= 11 is 0. The Hall–Kier alpha value is -1.87. The first kappa shape index (κ1) is 16.0. The topological polar surface area (TPSA) is 19.7 Å². The highest BCUT2D eigenvalue weighted by Gasteiger charge is 2.14. The van der Waals surface area contributed by atoms with Gasteiger partial charge >= 0.3 is 0 Å². The average molecular weight is 311 g/mol. The monoisotopic (exact) mass is 311 g/mol. The molecule has 1 N–H and O–H groups in total. The lowest BCUT2D eigenvalue weighted by Gasteiger charge is -2.23. The summed E-state index contributed by atoms with van der Waals surface area (Å²) in [7, 11) is 6.80. The Morgan fingerprint density at radius 1 is 0.957 bits per heavy atom. The number of rotatable bonds is 6. The zero-order valence-electron chi connectivity index (χ0n) is 14.9. The number of nitrogens with zero attached hydrogens (tertiary/aromatic N) is 2. The molecule has 0 amide bonds. The molecule has 2 aromatic heterocycles. The third-order valence-corrected chi connectivity index (χ3v) is 4.69. The zero-order chi connectivity index (χ0) is 16.4. The van der Waals surface area contributed by atoms with Gasteiger partial charge in [-0.2, -0.15) is 0 Å². The summed E-state index contributed by atoms with van der Waals surface area (Å²) in [5.41, 5.74) is 3.84. The number of H-pyrrole nitrogens is 1. The molecule has 3 aromatic rings. The molecule has 122 valence electrons. The molecule has 0 fully saturated rings. The number of para-hydroxylation sites is 1. The fourth-order valence-corrected chi connectivity index (χ4v) is 3.33.